The molecule has 2 aromatic rings. The summed E-state index contributed by atoms with van der Waals surface area (Å²) in [4.78, 5) is 40.1. The Bertz CT molecular complexity index is 1190. The fraction of sp³-hybridized carbons (Fsp3) is 0.269. The lowest BCUT2D eigenvalue weighted by Gasteiger charge is -2.39. The van der Waals surface area contributed by atoms with Gasteiger partial charge in [0.25, 0.3) is 0 Å². The van der Waals surface area contributed by atoms with E-state index < -0.39 is 5.92 Å². The molecule has 4 heteroatoms. The zero-order valence-corrected chi connectivity index (χ0v) is 17.2. The highest BCUT2D eigenvalue weighted by molar-refractivity contribution is 6.27. The fourth-order valence-electron chi connectivity index (χ4n) is 4.79. The number of Topliss-reactive ketones (excluding diaryl/α,β-unsaturated/α-hetero) is 3. The first-order valence-corrected chi connectivity index (χ1v) is 10.2. The van der Waals surface area contributed by atoms with Crippen LogP contribution in [0.1, 0.15) is 64.4 Å². The smallest absolute Gasteiger partial charge is 0.229 e. The van der Waals surface area contributed by atoms with Crippen molar-refractivity contribution in [2.45, 2.75) is 39.5 Å². The molecule has 0 radical (unpaired) electrons. The first-order chi connectivity index (χ1) is 14.3. The summed E-state index contributed by atoms with van der Waals surface area (Å²) in [7, 11) is 0. The molecule has 0 N–H and O–H groups in total. The number of benzene rings is 2. The first-order valence-electron chi connectivity index (χ1n) is 10.2. The van der Waals surface area contributed by atoms with Crippen LogP contribution >= 0.6 is 0 Å². The van der Waals surface area contributed by atoms with Crippen LogP contribution < -0.4 is 0 Å². The summed E-state index contributed by atoms with van der Waals surface area (Å²) >= 11 is 0. The van der Waals surface area contributed by atoms with Crippen LogP contribution in [-0.4, -0.2) is 17.3 Å². The molecule has 4 nitrogen and oxygen atoms in total. The van der Waals surface area contributed by atoms with Crippen molar-refractivity contribution in [2.75, 3.05) is 0 Å². The van der Waals surface area contributed by atoms with E-state index in [1.807, 2.05) is 45.0 Å². The molecule has 0 spiro atoms. The molecule has 0 aromatic heterocycles. The third-order valence-corrected chi connectivity index (χ3v) is 6.20. The average molecular weight is 398 g/mol. The van der Waals surface area contributed by atoms with E-state index in [2.05, 4.69) is 0 Å². The summed E-state index contributed by atoms with van der Waals surface area (Å²) < 4.78 is 6.08. The predicted molar refractivity (Wildman–Crippen MR) is 112 cm³/mol. The summed E-state index contributed by atoms with van der Waals surface area (Å²) in [6.45, 7) is 6.03. The molecule has 0 saturated carbocycles. The van der Waals surface area contributed by atoms with Crippen LogP contribution in [0.25, 0.3) is 0 Å². The van der Waals surface area contributed by atoms with Gasteiger partial charge in [0.05, 0.1) is 5.57 Å². The number of aryl methyl sites for hydroxylation is 1. The van der Waals surface area contributed by atoms with E-state index in [4.69, 9.17) is 4.74 Å². The molecule has 0 bridgehead atoms. The molecule has 150 valence electrons. The molecule has 1 atom stereocenters. The standard InChI is InChI=1S/C26H22O4/c1-14-8-10-15(11-9-14)20-21-18(27)12-26(2,3)13-19(21)30-25-22(20)23(28)16-6-4-5-7-17(16)24(25)29/h4-11,20H,12-13H2,1-3H3. The Kier molecular flexibility index (Phi) is 3.97. The minimum Gasteiger partial charge on any atom is -0.457 e. The highest BCUT2D eigenvalue weighted by Gasteiger charge is 2.48. The van der Waals surface area contributed by atoms with Crippen LogP contribution in [0.5, 0.6) is 0 Å². The predicted octanol–water partition coefficient (Wildman–Crippen LogP) is 5.09. The van der Waals surface area contributed by atoms with Crippen molar-refractivity contribution in [2.24, 2.45) is 5.41 Å². The molecule has 30 heavy (non-hydrogen) atoms. The Morgan fingerprint density at radius 3 is 2.13 bits per heavy atom. The van der Waals surface area contributed by atoms with E-state index in [1.165, 1.54) is 0 Å². The topological polar surface area (TPSA) is 60.4 Å². The maximum atomic E-state index is 13.5. The van der Waals surface area contributed by atoms with Crippen LogP contribution in [0, 0.1) is 12.3 Å². The largest absolute Gasteiger partial charge is 0.457 e. The third kappa shape index (κ3) is 2.71. The van der Waals surface area contributed by atoms with Crippen LogP contribution in [0.4, 0.5) is 0 Å². The van der Waals surface area contributed by atoms with Gasteiger partial charge in [0, 0.05) is 35.5 Å². The second-order valence-corrected chi connectivity index (χ2v) is 9.17. The van der Waals surface area contributed by atoms with E-state index in [1.54, 1.807) is 24.3 Å². The van der Waals surface area contributed by atoms with Crippen molar-refractivity contribution >= 4 is 17.3 Å². The SMILES string of the molecule is Cc1ccc(C2C3=C(CC(C)(C)CC3=O)OC3=C2C(=O)c2ccccc2C3=O)cc1. The summed E-state index contributed by atoms with van der Waals surface area (Å²) in [5.41, 5.74) is 3.20. The van der Waals surface area contributed by atoms with Gasteiger partial charge >= 0.3 is 0 Å². The van der Waals surface area contributed by atoms with Crippen LogP contribution in [-0.2, 0) is 9.53 Å². The van der Waals surface area contributed by atoms with Crippen molar-refractivity contribution in [1.29, 1.82) is 0 Å². The molecule has 2 aromatic carbocycles. The molecule has 2 aliphatic carbocycles. The first kappa shape index (κ1) is 18.7. The number of ether oxygens (including phenoxy) is 1. The molecular formula is C26H22O4. The molecule has 5 rings (SSSR count). The van der Waals surface area contributed by atoms with E-state index >= 15 is 0 Å². The maximum Gasteiger partial charge on any atom is 0.229 e. The molecule has 0 amide bonds. The number of ketones is 3. The second kappa shape index (κ2) is 6.36. The van der Waals surface area contributed by atoms with Gasteiger partial charge in [-0.15, -0.1) is 0 Å². The monoisotopic (exact) mass is 398 g/mol. The van der Waals surface area contributed by atoms with Crippen LogP contribution in [0.2, 0.25) is 0 Å². The number of carbonyl (C=O) groups is 3. The Morgan fingerprint density at radius 1 is 0.833 bits per heavy atom. The van der Waals surface area contributed by atoms with Gasteiger partial charge in [0.15, 0.2) is 17.3 Å². The number of allylic oxidation sites excluding steroid dienone is 4. The van der Waals surface area contributed by atoms with Crippen molar-refractivity contribution < 1.29 is 19.1 Å². The summed E-state index contributed by atoms with van der Waals surface area (Å²) in [6.07, 6.45) is 0.940. The molecule has 1 unspecified atom stereocenters. The Morgan fingerprint density at radius 2 is 1.47 bits per heavy atom. The molecular weight excluding hydrogens is 376 g/mol. The maximum absolute atomic E-state index is 13.5. The van der Waals surface area contributed by atoms with E-state index in [0.29, 0.717) is 35.3 Å². The fourth-order valence-corrected chi connectivity index (χ4v) is 4.79. The van der Waals surface area contributed by atoms with Crippen molar-refractivity contribution in [3.63, 3.8) is 0 Å². The number of rotatable bonds is 1. The van der Waals surface area contributed by atoms with Gasteiger partial charge in [0.2, 0.25) is 5.78 Å². The van der Waals surface area contributed by atoms with E-state index in [-0.39, 0.29) is 34.1 Å². The zero-order valence-electron chi connectivity index (χ0n) is 17.2. The van der Waals surface area contributed by atoms with Gasteiger partial charge in [-0.05, 0) is 17.9 Å². The van der Waals surface area contributed by atoms with Gasteiger partial charge < -0.3 is 4.74 Å². The average Bonchev–Trinajstić information content (AvgIpc) is 2.70. The number of carbonyl (C=O) groups excluding carboxylic acids is 3. The summed E-state index contributed by atoms with van der Waals surface area (Å²) in [6, 6.07) is 14.6. The lowest BCUT2D eigenvalue weighted by molar-refractivity contribution is -0.119. The highest BCUT2D eigenvalue weighted by Crippen LogP contribution is 2.51. The van der Waals surface area contributed by atoms with Gasteiger partial charge in [0.1, 0.15) is 5.76 Å². The molecule has 0 saturated heterocycles. The van der Waals surface area contributed by atoms with Gasteiger partial charge in [-0.25, -0.2) is 0 Å². The normalized spacial score (nSPS) is 22.4. The van der Waals surface area contributed by atoms with E-state index in [9.17, 15) is 14.4 Å². The molecule has 3 aliphatic rings. The van der Waals surface area contributed by atoms with Crippen molar-refractivity contribution in [1.82, 2.24) is 0 Å². The lowest BCUT2D eigenvalue weighted by atomic mass is 9.67. The molecule has 0 fully saturated rings. The molecule has 1 aliphatic heterocycles. The van der Waals surface area contributed by atoms with Gasteiger partial charge in [-0.1, -0.05) is 67.9 Å². The zero-order chi connectivity index (χ0) is 21.2. The minimum absolute atomic E-state index is 0.0162. The minimum atomic E-state index is -0.585. The number of hydrogen-bond donors (Lipinski definition) is 0. The molecule has 1 heterocycles. The lowest BCUT2D eigenvalue weighted by Crippen LogP contribution is -2.37. The highest BCUT2D eigenvalue weighted by atomic mass is 16.5. The van der Waals surface area contributed by atoms with Crippen LogP contribution in [0.3, 0.4) is 0 Å². The third-order valence-electron chi connectivity index (χ3n) is 6.20. The van der Waals surface area contributed by atoms with E-state index in [0.717, 1.165) is 11.1 Å². The van der Waals surface area contributed by atoms with Gasteiger partial charge in [-0.2, -0.15) is 0 Å². The van der Waals surface area contributed by atoms with Crippen molar-refractivity contribution in [3.8, 4) is 0 Å². The summed E-state index contributed by atoms with van der Waals surface area (Å²) in [5, 5.41) is 0. The quantitative estimate of drug-likeness (QED) is 0.672. The van der Waals surface area contributed by atoms with Crippen molar-refractivity contribution in [3.05, 3.63) is 93.4 Å². The Balaban J connectivity index is 1.76. The summed E-state index contributed by atoms with van der Waals surface area (Å²) in [5.74, 6) is -0.528. The number of hydrogen-bond acceptors (Lipinski definition) is 4. The van der Waals surface area contributed by atoms with Crippen LogP contribution in [0.15, 0.2) is 71.2 Å². The van der Waals surface area contributed by atoms with Gasteiger partial charge in [-0.3, -0.25) is 14.4 Å². The Labute approximate surface area is 175 Å². The second-order valence-electron chi connectivity index (χ2n) is 9.17. The number of fused-ring (bicyclic) bond motifs is 1. The Hall–Kier alpha value is -3.27.